The molecule has 0 radical (unpaired) electrons. The minimum Gasteiger partial charge on any atom is -0.497 e. The maximum Gasteiger partial charge on any atom is 0.254 e. The van der Waals surface area contributed by atoms with Gasteiger partial charge in [0, 0.05) is 6.54 Å². The normalized spacial score (nSPS) is 11.2. The first-order chi connectivity index (χ1) is 11.9. The summed E-state index contributed by atoms with van der Waals surface area (Å²) in [6, 6.07) is 10.4. The molecule has 2 rings (SSSR count). The molecule has 2 N–H and O–H groups in total. The highest BCUT2D eigenvalue weighted by Gasteiger charge is 2.18. The van der Waals surface area contributed by atoms with Gasteiger partial charge >= 0.3 is 0 Å². The van der Waals surface area contributed by atoms with Crippen LogP contribution in [0.25, 0.3) is 0 Å². The van der Waals surface area contributed by atoms with Crippen LogP contribution in [0.1, 0.15) is 15.9 Å². The van der Waals surface area contributed by atoms with E-state index in [1.807, 2.05) is 24.3 Å². The molecule has 0 fully saturated rings. The van der Waals surface area contributed by atoms with Gasteiger partial charge in [-0.2, -0.15) is 0 Å². The fraction of sp³-hybridized carbons (Fsp3) is 0.235. The van der Waals surface area contributed by atoms with Crippen LogP contribution in [-0.2, 0) is 16.4 Å². The first-order valence-electron chi connectivity index (χ1n) is 7.51. The number of ether oxygens (including phenoxy) is 1. The van der Waals surface area contributed by atoms with Crippen molar-refractivity contribution in [2.24, 2.45) is 0 Å². The smallest absolute Gasteiger partial charge is 0.254 e. The molecule has 2 aromatic rings. The fourth-order valence-corrected chi connectivity index (χ4v) is 2.93. The lowest BCUT2D eigenvalue weighted by Gasteiger charge is -2.09. The van der Waals surface area contributed by atoms with E-state index >= 15 is 0 Å². The van der Waals surface area contributed by atoms with Gasteiger partial charge in [-0.25, -0.2) is 17.5 Å². The zero-order valence-corrected chi connectivity index (χ0v) is 14.7. The monoisotopic (exact) mass is 366 g/mol. The molecule has 1 amide bonds. The number of halogens is 1. The first kappa shape index (κ1) is 18.9. The van der Waals surface area contributed by atoms with Gasteiger partial charge in [-0.3, -0.25) is 4.79 Å². The van der Waals surface area contributed by atoms with Crippen molar-refractivity contribution in [2.45, 2.75) is 11.3 Å². The number of rotatable bonds is 7. The van der Waals surface area contributed by atoms with Gasteiger partial charge in [0.05, 0.1) is 17.6 Å². The molecular formula is C17H19FN2O4S. The van der Waals surface area contributed by atoms with E-state index in [0.29, 0.717) is 6.42 Å². The number of methoxy groups -OCH3 is 1. The Morgan fingerprint density at radius 2 is 1.84 bits per heavy atom. The number of carbonyl (C=O) groups is 1. The Morgan fingerprint density at radius 3 is 2.44 bits per heavy atom. The van der Waals surface area contributed by atoms with Gasteiger partial charge < -0.3 is 10.1 Å². The van der Waals surface area contributed by atoms with E-state index in [-0.39, 0.29) is 17.0 Å². The highest BCUT2D eigenvalue weighted by molar-refractivity contribution is 7.89. The van der Waals surface area contributed by atoms with Crippen molar-refractivity contribution in [3.05, 3.63) is 59.4 Å². The Kier molecular flexibility index (Phi) is 6.11. The lowest BCUT2D eigenvalue weighted by atomic mass is 10.1. The van der Waals surface area contributed by atoms with Gasteiger partial charge in [-0.1, -0.05) is 12.1 Å². The van der Waals surface area contributed by atoms with Crippen LogP contribution in [0.15, 0.2) is 47.4 Å². The van der Waals surface area contributed by atoms with Crippen LogP contribution < -0.4 is 14.8 Å². The largest absolute Gasteiger partial charge is 0.497 e. The van der Waals surface area contributed by atoms with Crippen molar-refractivity contribution in [3.63, 3.8) is 0 Å². The van der Waals surface area contributed by atoms with Gasteiger partial charge in [-0.05, 0) is 49.4 Å². The van der Waals surface area contributed by atoms with Gasteiger partial charge in [-0.15, -0.1) is 0 Å². The van der Waals surface area contributed by atoms with Crippen molar-refractivity contribution in [2.75, 3.05) is 20.7 Å². The summed E-state index contributed by atoms with van der Waals surface area (Å²) in [4.78, 5) is 12.0. The third-order valence-corrected chi connectivity index (χ3v) is 5.03. The molecule has 0 aromatic heterocycles. The Bertz CT molecular complexity index is 851. The van der Waals surface area contributed by atoms with Crippen LogP contribution in [0.5, 0.6) is 5.75 Å². The van der Waals surface area contributed by atoms with Crippen molar-refractivity contribution in [1.29, 1.82) is 0 Å². The molecule has 0 aliphatic carbocycles. The molecule has 0 aliphatic heterocycles. The highest BCUT2D eigenvalue weighted by Crippen LogP contribution is 2.15. The first-order valence-corrected chi connectivity index (χ1v) is 9.00. The molecule has 2 aromatic carbocycles. The van der Waals surface area contributed by atoms with Crippen LogP contribution >= 0.6 is 0 Å². The van der Waals surface area contributed by atoms with Gasteiger partial charge in [0.2, 0.25) is 10.0 Å². The van der Waals surface area contributed by atoms with Gasteiger partial charge in [0.1, 0.15) is 11.6 Å². The molecule has 0 atom stereocenters. The number of amides is 1. The van der Waals surface area contributed by atoms with Crippen molar-refractivity contribution < 1.29 is 22.3 Å². The molecule has 0 unspecified atom stereocenters. The molecule has 6 nitrogen and oxygen atoms in total. The zero-order valence-electron chi connectivity index (χ0n) is 13.9. The quantitative estimate of drug-likeness (QED) is 0.781. The SMILES string of the molecule is CNS(=O)(=O)c1ccc(F)c(C(=O)NCCc2ccc(OC)cc2)c1. The number of carbonyl (C=O) groups excluding carboxylic acids is 1. The van der Waals surface area contributed by atoms with Gasteiger partial charge in [0.15, 0.2) is 0 Å². The number of nitrogens with one attached hydrogen (secondary N) is 2. The summed E-state index contributed by atoms with van der Waals surface area (Å²) in [6.45, 7) is 0.285. The third kappa shape index (κ3) is 4.77. The molecule has 25 heavy (non-hydrogen) atoms. The molecule has 0 saturated heterocycles. The van der Waals surface area contributed by atoms with E-state index in [2.05, 4.69) is 10.0 Å². The average Bonchev–Trinajstić information content (AvgIpc) is 2.62. The fourth-order valence-electron chi connectivity index (χ4n) is 2.17. The Balaban J connectivity index is 2.03. The second kappa shape index (κ2) is 8.09. The highest BCUT2D eigenvalue weighted by atomic mass is 32.2. The van der Waals surface area contributed by atoms with Gasteiger partial charge in [0.25, 0.3) is 5.91 Å². The topological polar surface area (TPSA) is 84.5 Å². The van der Waals surface area contributed by atoms with E-state index in [1.54, 1.807) is 7.11 Å². The van der Waals surface area contributed by atoms with E-state index in [9.17, 15) is 17.6 Å². The summed E-state index contributed by atoms with van der Waals surface area (Å²) in [6.07, 6.45) is 0.547. The molecule has 8 heteroatoms. The van der Waals surface area contributed by atoms with E-state index in [4.69, 9.17) is 4.74 Å². The van der Waals surface area contributed by atoms with Crippen molar-refractivity contribution in [3.8, 4) is 5.75 Å². The molecular weight excluding hydrogens is 347 g/mol. The van der Waals surface area contributed by atoms with Crippen molar-refractivity contribution >= 4 is 15.9 Å². The standard InChI is InChI=1S/C17H19FN2O4S/c1-19-25(22,23)14-7-8-16(18)15(11-14)17(21)20-10-9-12-3-5-13(24-2)6-4-12/h3-8,11,19H,9-10H2,1-2H3,(H,20,21). The summed E-state index contributed by atoms with van der Waals surface area (Å²) < 4.78 is 44.6. The molecule has 0 spiro atoms. The second-order valence-corrected chi connectivity index (χ2v) is 7.09. The van der Waals surface area contributed by atoms with Crippen LogP contribution in [0.4, 0.5) is 4.39 Å². The van der Waals surface area contributed by atoms with Crippen molar-refractivity contribution in [1.82, 2.24) is 10.0 Å². The minimum absolute atomic E-state index is 0.170. The number of sulfonamides is 1. The summed E-state index contributed by atoms with van der Waals surface area (Å²) in [5.74, 6) is -0.714. The zero-order chi connectivity index (χ0) is 18.4. The Morgan fingerprint density at radius 1 is 1.16 bits per heavy atom. The Hall–Kier alpha value is -2.45. The predicted octanol–water partition coefficient (Wildman–Crippen LogP) is 1.71. The van der Waals surface area contributed by atoms with E-state index < -0.39 is 21.7 Å². The maximum absolute atomic E-state index is 13.9. The van der Waals surface area contributed by atoms with Crippen LogP contribution in [0.3, 0.4) is 0 Å². The summed E-state index contributed by atoms with van der Waals surface area (Å²) in [7, 11) is -0.931. The van der Waals surface area contributed by atoms with Crippen LogP contribution in [-0.4, -0.2) is 35.0 Å². The van der Waals surface area contributed by atoms with E-state index in [1.165, 1.54) is 7.05 Å². The average molecular weight is 366 g/mol. The molecule has 0 heterocycles. The maximum atomic E-state index is 13.9. The van der Waals surface area contributed by atoms with E-state index in [0.717, 1.165) is 29.5 Å². The third-order valence-electron chi connectivity index (χ3n) is 3.62. The van der Waals surface area contributed by atoms with Crippen LogP contribution in [0.2, 0.25) is 0 Å². The second-order valence-electron chi connectivity index (χ2n) is 5.20. The predicted molar refractivity (Wildman–Crippen MR) is 91.7 cm³/mol. The molecule has 0 bridgehead atoms. The van der Waals surface area contributed by atoms with Crippen LogP contribution in [0, 0.1) is 5.82 Å². The molecule has 0 aliphatic rings. The lowest BCUT2D eigenvalue weighted by molar-refractivity contribution is 0.0950. The molecule has 134 valence electrons. The Labute approximate surface area is 146 Å². The number of hydrogen-bond acceptors (Lipinski definition) is 4. The summed E-state index contributed by atoms with van der Waals surface area (Å²) >= 11 is 0. The molecule has 0 saturated carbocycles. The number of hydrogen-bond donors (Lipinski definition) is 2. The summed E-state index contributed by atoms with van der Waals surface area (Å²) in [5, 5.41) is 2.59. The lowest BCUT2D eigenvalue weighted by Crippen LogP contribution is -2.27. The minimum atomic E-state index is -3.75. The summed E-state index contributed by atoms with van der Waals surface area (Å²) in [5.41, 5.74) is 0.666. The number of benzene rings is 2.